The van der Waals surface area contributed by atoms with E-state index in [1.54, 1.807) is 11.3 Å². The van der Waals surface area contributed by atoms with E-state index in [0.717, 1.165) is 13.0 Å². The van der Waals surface area contributed by atoms with Gasteiger partial charge in [0.15, 0.2) is 6.20 Å². The predicted molar refractivity (Wildman–Crippen MR) is 41.0 cm³/mol. The van der Waals surface area contributed by atoms with E-state index in [2.05, 4.69) is 23.2 Å². The molecule has 10 heavy (non-hydrogen) atoms. The highest BCUT2D eigenvalue weighted by Gasteiger charge is 2.02. The van der Waals surface area contributed by atoms with Crippen molar-refractivity contribution < 1.29 is 9.67 Å². The van der Waals surface area contributed by atoms with Crippen LogP contribution >= 0.6 is 11.3 Å². The fraction of sp³-hybridized carbons (Fsp3) is 0.571. The van der Waals surface area contributed by atoms with Crippen LogP contribution in [0.5, 0.6) is 0 Å². The van der Waals surface area contributed by atoms with Crippen LogP contribution in [0.1, 0.15) is 11.8 Å². The second-order valence-corrected chi connectivity index (χ2v) is 3.09. The van der Waals surface area contributed by atoms with Crippen molar-refractivity contribution in [2.45, 2.75) is 19.9 Å². The van der Waals surface area contributed by atoms with Crippen LogP contribution in [0.4, 0.5) is 0 Å². The molecule has 2 nitrogen and oxygen atoms in total. The third kappa shape index (κ3) is 1.78. The van der Waals surface area contributed by atoms with Crippen LogP contribution in [0.2, 0.25) is 0 Å². The topological polar surface area (TPSA) is 24.1 Å². The molecule has 1 aromatic heterocycles. The van der Waals surface area contributed by atoms with Crippen molar-refractivity contribution in [3.63, 3.8) is 0 Å². The van der Waals surface area contributed by atoms with Crippen molar-refractivity contribution in [2.75, 3.05) is 6.61 Å². The van der Waals surface area contributed by atoms with E-state index in [1.807, 2.05) is 0 Å². The molecule has 0 unspecified atom stereocenters. The molecule has 0 spiro atoms. The van der Waals surface area contributed by atoms with Gasteiger partial charge in [0, 0.05) is 13.0 Å². The van der Waals surface area contributed by atoms with Gasteiger partial charge in [0.2, 0.25) is 5.51 Å². The number of rotatable bonds is 3. The summed E-state index contributed by atoms with van der Waals surface area (Å²) in [5, 5.41) is 8.60. The van der Waals surface area contributed by atoms with Gasteiger partial charge in [-0.05, 0) is 6.92 Å². The Morgan fingerprint density at radius 1 is 1.70 bits per heavy atom. The second-order valence-electron chi connectivity index (χ2n) is 2.12. The normalized spacial score (nSPS) is 10.2. The maximum atomic E-state index is 8.60. The lowest BCUT2D eigenvalue weighted by Crippen LogP contribution is -2.28. The van der Waals surface area contributed by atoms with E-state index in [-0.39, 0.29) is 6.61 Å². The molecule has 0 saturated heterocycles. The first-order valence-electron chi connectivity index (χ1n) is 3.44. The van der Waals surface area contributed by atoms with E-state index >= 15 is 0 Å². The van der Waals surface area contributed by atoms with Crippen molar-refractivity contribution in [1.82, 2.24) is 0 Å². The van der Waals surface area contributed by atoms with Gasteiger partial charge in [0.25, 0.3) is 0 Å². The van der Waals surface area contributed by atoms with Gasteiger partial charge in [0.1, 0.15) is 6.54 Å². The van der Waals surface area contributed by atoms with Crippen molar-refractivity contribution in [3.05, 3.63) is 16.6 Å². The number of hydrogen-bond donors (Lipinski definition) is 1. The molecule has 56 valence electrons. The summed E-state index contributed by atoms with van der Waals surface area (Å²) < 4.78 is 2.12. The zero-order valence-corrected chi connectivity index (χ0v) is 6.90. The first kappa shape index (κ1) is 7.69. The highest BCUT2D eigenvalue weighted by atomic mass is 32.1. The van der Waals surface area contributed by atoms with Crippen LogP contribution < -0.4 is 4.57 Å². The van der Waals surface area contributed by atoms with Crippen molar-refractivity contribution in [3.8, 4) is 0 Å². The number of aliphatic hydroxyl groups is 1. The lowest BCUT2D eigenvalue weighted by Gasteiger charge is -1.83. The number of aliphatic hydroxyl groups excluding tert-OH is 1. The maximum Gasteiger partial charge on any atom is 0.224 e. The van der Waals surface area contributed by atoms with E-state index in [0.29, 0.717) is 0 Å². The van der Waals surface area contributed by atoms with Gasteiger partial charge in [-0.1, -0.05) is 11.3 Å². The van der Waals surface area contributed by atoms with Crippen LogP contribution in [-0.4, -0.2) is 11.7 Å². The lowest BCUT2D eigenvalue weighted by molar-refractivity contribution is -0.689. The Labute approximate surface area is 64.8 Å². The Bertz CT molecular complexity index is 197. The van der Waals surface area contributed by atoms with Crippen LogP contribution in [-0.2, 0) is 13.0 Å². The van der Waals surface area contributed by atoms with Crippen LogP contribution in [0.15, 0.2) is 11.7 Å². The zero-order chi connectivity index (χ0) is 7.40. The molecule has 0 atom stereocenters. The van der Waals surface area contributed by atoms with Gasteiger partial charge in [0.05, 0.1) is 4.88 Å². The van der Waals surface area contributed by atoms with Gasteiger partial charge in [-0.2, -0.15) is 4.57 Å². The molecule has 0 aliphatic rings. The highest BCUT2D eigenvalue weighted by Crippen LogP contribution is 2.03. The highest BCUT2D eigenvalue weighted by molar-refractivity contribution is 7.09. The molecule has 1 heterocycles. The van der Waals surface area contributed by atoms with Crippen molar-refractivity contribution in [2.24, 2.45) is 0 Å². The number of aromatic nitrogens is 1. The Morgan fingerprint density at radius 3 is 3.00 bits per heavy atom. The van der Waals surface area contributed by atoms with E-state index in [1.165, 1.54) is 4.88 Å². The second kappa shape index (κ2) is 3.68. The molecule has 0 bridgehead atoms. The molecule has 1 rings (SSSR count). The molecule has 0 saturated carbocycles. The minimum Gasteiger partial charge on any atom is -0.396 e. The third-order valence-corrected chi connectivity index (χ3v) is 2.36. The number of nitrogens with zero attached hydrogens (tertiary/aromatic N) is 1. The summed E-state index contributed by atoms with van der Waals surface area (Å²) in [4.78, 5) is 1.25. The molecule has 1 N–H and O–H groups in total. The van der Waals surface area contributed by atoms with Gasteiger partial charge in [-0.15, -0.1) is 0 Å². The minimum atomic E-state index is 0.254. The molecular formula is C7H12NOS+. The van der Waals surface area contributed by atoms with Gasteiger partial charge >= 0.3 is 0 Å². The monoisotopic (exact) mass is 158 g/mol. The molecule has 3 heteroatoms. The average Bonchev–Trinajstić information content (AvgIpc) is 2.37. The van der Waals surface area contributed by atoms with E-state index < -0.39 is 0 Å². The first-order valence-corrected chi connectivity index (χ1v) is 4.32. The van der Waals surface area contributed by atoms with Gasteiger partial charge in [-0.3, -0.25) is 0 Å². The smallest absolute Gasteiger partial charge is 0.224 e. The SMILES string of the molecule is CC[n+]1csc(CCO)c1. The summed E-state index contributed by atoms with van der Waals surface area (Å²) >= 11 is 1.70. The summed E-state index contributed by atoms with van der Waals surface area (Å²) in [5.41, 5.74) is 2.07. The molecule has 1 aromatic rings. The Balaban J connectivity index is 2.59. The van der Waals surface area contributed by atoms with E-state index in [4.69, 9.17) is 5.11 Å². The van der Waals surface area contributed by atoms with Crippen LogP contribution in [0, 0.1) is 0 Å². The average molecular weight is 158 g/mol. The fourth-order valence-corrected chi connectivity index (χ4v) is 1.67. The predicted octanol–water partition coefficient (Wildman–Crippen LogP) is 0.590. The minimum absolute atomic E-state index is 0.254. The fourth-order valence-electron chi connectivity index (χ4n) is 0.781. The molecule has 0 aliphatic heterocycles. The molecule has 0 amide bonds. The van der Waals surface area contributed by atoms with Gasteiger partial charge in [-0.25, -0.2) is 0 Å². The van der Waals surface area contributed by atoms with Crippen LogP contribution in [0.25, 0.3) is 0 Å². The number of aryl methyl sites for hydroxylation is 1. The molecule has 0 fully saturated rings. The zero-order valence-electron chi connectivity index (χ0n) is 6.08. The quantitative estimate of drug-likeness (QED) is 0.640. The summed E-state index contributed by atoms with van der Waals surface area (Å²) in [6.07, 6.45) is 2.87. The van der Waals surface area contributed by atoms with E-state index in [9.17, 15) is 0 Å². The van der Waals surface area contributed by atoms with Crippen molar-refractivity contribution >= 4 is 11.3 Å². The molecule has 0 aliphatic carbocycles. The summed E-state index contributed by atoms with van der Waals surface area (Å²) in [7, 11) is 0. The Morgan fingerprint density at radius 2 is 2.50 bits per heavy atom. The first-order chi connectivity index (χ1) is 4.86. The Hall–Kier alpha value is -0.410. The lowest BCUT2D eigenvalue weighted by atomic mass is 10.4. The summed E-state index contributed by atoms with van der Waals surface area (Å²) in [6, 6.07) is 0. The summed E-state index contributed by atoms with van der Waals surface area (Å²) in [5.74, 6) is 0. The maximum absolute atomic E-state index is 8.60. The largest absolute Gasteiger partial charge is 0.396 e. The van der Waals surface area contributed by atoms with Gasteiger partial charge < -0.3 is 5.11 Å². The Kier molecular flexibility index (Phi) is 2.83. The number of hydrogen-bond acceptors (Lipinski definition) is 2. The molecule has 0 radical (unpaired) electrons. The molecule has 0 aromatic carbocycles. The third-order valence-electron chi connectivity index (χ3n) is 1.37. The van der Waals surface area contributed by atoms with Crippen LogP contribution in [0.3, 0.4) is 0 Å². The number of thiazole rings is 1. The standard InChI is InChI=1S/C7H12NOS/c1-2-8-5-7(3-4-9)10-6-8/h5-6,9H,2-4H2,1H3/q+1. The molecular weight excluding hydrogens is 146 g/mol. The van der Waals surface area contributed by atoms with Crippen molar-refractivity contribution in [1.29, 1.82) is 0 Å². The summed E-state index contributed by atoms with van der Waals surface area (Å²) in [6.45, 7) is 3.38.